The summed E-state index contributed by atoms with van der Waals surface area (Å²) in [4.78, 5) is 34.9. The highest BCUT2D eigenvalue weighted by Crippen LogP contribution is 2.18. The van der Waals surface area contributed by atoms with Gasteiger partial charge in [0.15, 0.2) is 0 Å². The van der Waals surface area contributed by atoms with Gasteiger partial charge in [0.05, 0.1) is 0 Å². The molecular weight excluding hydrogens is 196 g/mol. The number of carbonyl (C=O) groups is 3. The molecule has 1 aliphatic heterocycles. The Morgan fingerprint density at radius 2 is 1.87 bits per heavy atom. The molecular formula is C10H14N2O3. The predicted octanol–water partition coefficient (Wildman–Crippen LogP) is -0.196. The lowest BCUT2D eigenvalue weighted by Gasteiger charge is -2.12. The fraction of sp³-hybridized carbons (Fsp3) is 0.700. The Bertz CT molecular complexity index is 294. The Kier molecular flexibility index (Phi) is 2.70. The molecule has 2 rings (SSSR count). The van der Waals surface area contributed by atoms with Gasteiger partial charge in [0.1, 0.15) is 0 Å². The third-order valence-electron chi connectivity index (χ3n) is 2.66. The van der Waals surface area contributed by atoms with E-state index in [0.29, 0.717) is 18.9 Å². The highest BCUT2D eigenvalue weighted by molar-refractivity contribution is 6.02. The van der Waals surface area contributed by atoms with Gasteiger partial charge in [-0.15, -0.1) is 0 Å². The highest BCUT2D eigenvalue weighted by atomic mass is 16.2. The fourth-order valence-electron chi connectivity index (χ4n) is 1.61. The second-order valence-electron chi connectivity index (χ2n) is 4.03. The van der Waals surface area contributed by atoms with Crippen LogP contribution in [0.15, 0.2) is 0 Å². The van der Waals surface area contributed by atoms with Crippen LogP contribution in [0.1, 0.15) is 32.1 Å². The van der Waals surface area contributed by atoms with Crippen LogP contribution in [-0.2, 0) is 14.4 Å². The summed E-state index contributed by atoms with van der Waals surface area (Å²) in [7, 11) is 0. The number of nitrogens with zero attached hydrogens (tertiary/aromatic N) is 1. The van der Waals surface area contributed by atoms with Gasteiger partial charge in [-0.1, -0.05) is 0 Å². The van der Waals surface area contributed by atoms with E-state index in [4.69, 9.17) is 0 Å². The van der Waals surface area contributed by atoms with Crippen LogP contribution in [0.4, 0.5) is 0 Å². The zero-order valence-corrected chi connectivity index (χ0v) is 8.49. The maximum atomic E-state index is 11.3. The average molecular weight is 210 g/mol. The molecule has 1 heterocycles. The molecule has 0 aromatic heterocycles. The number of nitrogens with one attached hydrogen (secondary N) is 1. The first kappa shape index (κ1) is 10.1. The van der Waals surface area contributed by atoms with E-state index in [1.54, 1.807) is 0 Å². The van der Waals surface area contributed by atoms with Crippen molar-refractivity contribution in [2.45, 2.75) is 38.1 Å². The van der Waals surface area contributed by atoms with E-state index in [-0.39, 0.29) is 30.7 Å². The second kappa shape index (κ2) is 4.00. The summed E-state index contributed by atoms with van der Waals surface area (Å²) >= 11 is 0. The smallest absolute Gasteiger partial charge is 0.229 e. The highest BCUT2D eigenvalue weighted by Gasteiger charge is 2.29. The number of likely N-dealkylation sites (tertiary alicyclic amines) is 1. The van der Waals surface area contributed by atoms with E-state index in [2.05, 4.69) is 5.32 Å². The number of hydrogen-bond donors (Lipinski definition) is 1. The maximum Gasteiger partial charge on any atom is 0.229 e. The third-order valence-corrected chi connectivity index (χ3v) is 2.66. The third kappa shape index (κ3) is 2.55. The Balaban J connectivity index is 1.73. The first-order valence-corrected chi connectivity index (χ1v) is 5.29. The second-order valence-corrected chi connectivity index (χ2v) is 4.03. The number of imide groups is 1. The van der Waals surface area contributed by atoms with Crippen molar-refractivity contribution >= 4 is 17.7 Å². The SMILES string of the molecule is O=C(CCN1C(=O)CCC1=O)NC1CC1. The van der Waals surface area contributed by atoms with Gasteiger partial charge in [-0.3, -0.25) is 19.3 Å². The maximum absolute atomic E-state index is 11.3. The molecule has 5 nitrogen and oxygen atoms in total. The van der Waals surface area contributed by atoms with Crippen LogP contribution in [0.2, 0.25) is 0 Å². The van der Waals surface area contributed by atoms with Crippen molar-refractivity contribution in [1.29, 1.82) is 0 Å². The van der Waals surface area contributed by atoms with Crippen LogP contribution in [0, 0.1) is 0 Å². The first-order chi connectivity index (χ1) is 7.16. The number of rotatable bonds is 4. The van der Waals surface area contributed by atoms with Crippen LogP contribution in [0.5, 0.6) is 0 Å². The average Bonchev–Trinajstić information content (AvgIpc) is 2.93. The van der Waals surface area contributed by atoms with Crippen molar-refractivity contribution < 1.29 is 14.4 Å². The molecule has 3 amide bonds. The van der Waals surface area contributed by atoms with Gasteiger partial charge in [-0.05, 0) is 12.8 Å². The Labute approximate surface area is 87.8 Å². The zero-order chi connectivity index (χ0) is 10.8. The van der Waals surface area contributed by atoms with E-state index in [0.717, 1.165) is 12.8 Å². The molecule has 2 aliphatic rings. The van der Waals surface area contributed by atoms with Gasteiger partial charge >= 0.3 is 0 Å². The topological polar surface area (TPSA) is 66.5 Å². The number of amides is 3. The predicted molar refractivity (Wildman–Crippen MR) is 51.7 cm³/mol. The summed E-state index contributed by atoms with van der Waals surface area (Å²) in [5.41, 5.74) is 0. The zero-order valence-electron chi connectivity index (χ0n) is 8.49. The van der Waals surface area contributed by atoms with Crippen molar-refractivity contribution in [3.63, 3.8) is 0 Å². The van der Waals surface area contributed by atoms with E-state index in [1.165, 1.54) is 4.90 Å². The van der Waals surface area contributed by atoms with E-state index >= 15 is 0 Å². The fourth-order valence-corrected chi connectivity index (χ4v) is 1.61. The van der Waals surface area contributed by atoms with E-state index in [1.807, 2.05) is 0 Å². The normalized spacial score (nSPS) is 20.9. The Morgan fingerprint density at radius 1 is 1.27 bits per heavy atom. The molecule has 1 N–H and O–H groups in total. The summed E-state index contributed by atoms with van der Waals surface area (Å²) in [6.45, 7) is 0.232. The lowest BCUT2D eigenvalue weighted by molar-refractivity contribution is -0.138. The Hall–Kier alpha value is -1.39. The van der Waals surface area contributed by atoms with Crippen LogP contribution in [0.3, 0.4) is 0 Å². The molecule has 1 aliphatic carbocycles. The lowest BCUT2D eigenvalue weighted by Crippen LogP contribution is -2.34. The molecule has 0 aromatic rings. The van der Waals surface area contributed by atoms with Crippen molar-refractivity contribution in [3.05, 3.63) is 0 Å². The monoisotopic (exact) mass is 210 g/mol. The summed E-state index contributed by atoms with van der Waals surface area (Å²) in [5, 5.41) is 2.82. The first-order valence-electron chi connectivity index (χ1n) is 5.29. The van der Waals surface area contributed by atoms with Crippen molar-refractivity contribution in [1.82, 2.24) is 10.2 Å². The minimum absolute atomic E-state index is 0.0648. The molecule has 1 saturated heterocycles. The standard InChI is InChI=1S/C10H14N2O3/c13-8(11-7-1-2-7)5-6-12-9(14)3-4-10(12)15/h7H,1-6H2,(H,11,13). The summed E-state index contributed by atoms with van der Waals surface area (Å²) in [6, 6.07) is 0.336. The molecule has 82 valence electrons. The summed E-state index contributed by atoms with van der Waals surface area (Å²) < 4.78 is 0. The summed E-state index contributed by atoms with van der Waals surface area (Å²) in [6.07, 6.45) is 2.92. The van der Waals surface area contributed by atoms with Crippen LogP contribution in [0.25, 0.3) is 0 Å². The van der Waals surface area contributed by atoms with Crippen LogP contribution in [-0.4, -0.2) is 35.2 Å². The molecule has 0 unspecified atom stereocenters. The quantitative estimate of drug-likeness (QED) is 0.654. The minimum Gasteiger partial charge on any atom is -0.353 e. The molecule has 0 radical (unpaired) electrons. The summed E-state index contributed by atoms with van der Waals surface area (Å²) in [5.74, 6) is -0.372. The largest absolute Gasteiger partial charge is 0.353 e. The van der Waals surface area contributed by atoms with Gasteiger partial charge in [-0.2, -0.15) is 0 Å². The molecule has 2 fully saturated rings. The molecule has 0 spiro atoms. The number of hydrogen-bond acceptors (Lipinski definition) is 3. The molecule has 15 heavy (non-hydrogen) atoms. The van der Waals surface area contributed by atoms with Gasteiger partial charge in [0.2, 0.25) is 17.7 Å². The Morgan fingerprint density at radius 3 is 2.40 bits per heavy atom. The van der Waals surface area contributed by atoms with Crippen molar-refractivity contribution in [2.24, 2.45) is 0 Å². The molecule has 1 saturated carbocycles. The number of carbonyl (C=O) groups excluding carboxylic acids is 3. The lowest BCUT2D eigenvalue weighted by atomic mass is 10.3. The van der Waals surface area contributed by atoms with E-state index in [9.17, 15) is 14.4 Å². The van der Waals surface area contributed by atoms with Gasteiger partial charge in [0, 0.05) is 31.8 Å². The van der Waals surface area contributed by atoms with E-state index < -0.39 is 0 Å². The van der Waals surface area contributed by atoms with Gasteiger partial charge < -0.3 is 5.32 Å². The van der Waals surface area contributed by atoms with Crippen molar-refractivity contribution in [2.75, 3.05) is 6.54 Å². The molecule has 0 bridgehead atoms. The molecule has 0 atom stereocenters. The van der Waals surface area contributed by atoms with Gasteiger partial charge in [-0.25, -0.2) is 0 Å². The minimum atomic E-state index is -0.153. The van der Waals surface area contributed by atoms with Crippen molar-refractivity contribution in [3.8, 4) is 0 Å². The molecule has 5 heteroatoms. The van der Waals surface area contributed by atoms with Crippen LogP contribution >= 0.6 is 0 Å². The van der Waals surface area contributed by atoms with Gasteiger partial charge in [0.25, 0.3) is 0 Å². The van der Waals surface area contributed by atoms with Crippen LogP contribution < -0.4 is 5.32 Å². The molecule has 0 aromatic carbocycles.